The van der Waals surface area contributed by atoms with Crippen molar-refractivity contribution in [2.24, 2.45) is 0 Å². The van der Waals surface area contributed by atoms with Gasteiger partial charge in [-0.3, -0.25) is 9.10 Å². The summed E-state index contributed by atoms with van der Waals surface area (Å²) >= 11 is 1.75. The SMILES string of the molecule is CC[C@@H](C(=O)NCCSCc1ccccc1C)N(c1cc(C)cc(C)c1)S(C)(=O)=O. The van der Waals surface area contributed by atoms with Crippen LogP contribution in [0.25, 0.3) is 0 Å². The number of aryl methyl sites for hydroxylation is 3. The third-order valence-electron chi connectivity index (χ3n) is 4.86. The van der Waals surface area contributed by atoms with Crippen molar-refractivity contribution in [1.82, 2.24) is 5.32 Å². The third-order valence-corrected chi connectivity index (χ3v) is 7.04. The fourth-order valence-electron chi connectivity index (χ4n) is 3.46. The van der Waals surface area contributed by atoms with E-state index in [9.17, 15) is 13.2 Å². The molecule has 2 rings (SSSR count). The topological polar surface area (TPSA) is 66.5 Å². The van der Waals surface area contributed by atoms with E-state index < -0.39 is 16.1 Å². The number of hydrogen-bond acceptors (Lipinski definition) is 4. The highest BCUT2D eigenvalue weighted by molar-refractivity contribution is 7.98. The van der Waals surface area contributed by atoms with Gasteiger partial charge in [0.1, 0.15) is 6.04 Å². The molecule has 1 atom stereocenters. The summed E-state index contributed by atoms with van der Waals surface area (Å²) in [7, 11) is -3.62. The first-order chi connectivity index (χ1) is 14.1. The summed E-state index contributed by atoms with van der Waals surface area (Å²) in [5.41, 5.74) is 5.00. The molecule has 0 aliphatic rings. The Kier molecular flexibility index (Phi) is 8.79. The van der Waals surface area contributed by atoms with Crippen LogP contribution in [0.2, 0.25) is 0 Å². The van der Waals surface area contributed by atoms with Crippen LogP contribution in [0.3, 0.4) is 0 Å². The fraction of sp³-hybridized carbons (Fsp3) is 0.435. The molecule has 0 aromatic heterocycles. The molecule has 0 aliphatic carbocycles. The zero-order valence-corrected chi connectivity index (χ0v) is 20.1. The van der Waals surface area contributed by atoms with Gasteiger partial charge in [0.15, 0.2) is 0 Å². The first-order valence-electron chi connectivity index (χ1n) is 10.1. The summed E-state index contributed by atoms with van der Waals surface area (Å²) in [6.07, 6.45) is 1.54. The molecule has 0 spiro atoms. The van der Waals surface area contributed by atoms with Crippen LogP contribution in [0.5, 0.6) is 0 Å². The Morgan fingerprint density at radius 1 is 1.10 bits per heavy atom. The van der Waals surface area contributed by atoms with Crippen molar-refractivity contribution in [1.29, 1.82) is 0 Å². The molecule has 0 heterocycles. The van der Waals surface area contributed by atoms with E-state index in [4.69, 9.17) is 0 Å². The van der Waals surface area contributed by atoms with Gasteiger partial charge >= 0.3 is 0 Å². The second-order valence-electron chi connectivity index (χ2n) is 7.60. The summed E-state index contributed by atoms with van der Waals surface area (Å²) in [5, 5.41) is 2.92. The monoisotopic (exact) mass is 448 g/mol. The number of rotatable bonds is 10. The lowest BCUT2D eigenvalue weighted by Crippen LogP contribution is -2.49. The molecule has 5 nitrogen and oxygen atoms in total. The molecule has 0 fully saturated rings. The van der Waals surface area contributed by atoms with Gasteiger partial charge in [0.2, 0.25) is 15.9 Å². The number of amides is 1. The molecule has 1 amide bonds. The Morgan fingerprint density at radius 2 is 1.73 bits per heavy atom. The Labute approximate surface area is 185 Å². The van der Waals surface area contributed by atoms with E-state index in [0.29, 0.717) is 18.7 Å². The number of benzene rings is 2. The highest BCUT2D eigenvalue weighted by atomic mass is 32.2. The lowest BCUT2D eigenvalue weighted by Gasteiger charge is -2.30. The lowest BCUT2D eigenvalue weighted by molar-refractivity contribution is -0.122. The van der Waals surface area contributed by atoms with E-state index >= 15 is 0 Å². The van der Waals surface area contributed by atoms with Crippen LogP contribution in [0.15, 0.2) is 42.5 Å². The number of thioether (sulfide) groups is 1. The van der Waals surface area contributed by atoms with Crippen molar-refractivity contribution in [2.75, 3.05) is 22.9 Å². The first-order valence-corrected chi connectivity index (χ1v) is 13.1. The molecule has 7 heteroatoms. The molecule has 0 unspecified atom stereocenters. The number of anilines is 1. The van der Waals surface area contributed by atoms with Crippen LogP contribution >= 0.6 is 11.8 Å². The minimum Gasteiger partial charge on any atom is -0.353 e. The number of nitrogens with zero attached hydrogens (tertiary/aromatic N) is 1. The third kappa shape index (κ3) is 6.77. The van der Waals surface area contributed by atoms with Gasteiger partial charge in [0, 0.05) is 18.1 Å². The van der Waals surface area contributed by atoms with E-state index in [1.807, 2.05) is 51.1 Å². The Morgan fingerprint density at radius 3 is 2.30 bits per heavy atom. The summed E-state index contributed by atoms with van der Waals surface area (Å²) in [4.78, 5) is 12.9. The molecule has 0 bridgehead atoms. The van der Waals surface area contributed by atoms with Gasteiger partial charge in [-0.15, -0.1) is 0 Å². The zero-order chi connectivity index (χ0) is 22.3. The van der Waals surface area contributed by atoms with Crippen LogP contribution in [-0.2, 0) is 20.6 Å². The number of carbonyl (C=O) groups is 1. The molecular formula is C23H32N2O3S2. The number of carbonyl (C=O) groups excluding carboxylic acids is 1. The standard InChI is InChI=1S/C23H32N2O3S2/c1-6-22(25(30(5,27)28)21-14-17(2)13-18(3)15-21)23(26)24-11-12-29-16-20-10-8-7-9-19(20)4/h7-10,13-15,22H,6,11-12,16H2,1-5H3,(H,24,26)/t22-/m0/s1. The maximum Gasteiger partial charge on any atom is 0.243 e. The van der Waals surface area contributed by atoms with Crippen LogP contribution in [-0.4, -0.2) is 38.9 Å². The minimum absolute atomic E-state index is 0.265. The predicted octanol–water partition coefficient (Wildman–Crippen LogP) is 4.21. The average molecular weight is 449 g/mol. The van der Waals surface area contributed by atoms with Crippen molar-refractivity contribution in [2.45, 2.75) is 45.9 Å². The summed E-state index contributed by atoms with van der Waals surface area (Å²) in [6.45, 7) is 8.26. The number of hydrogen-bond donors (Lipinski definition) is 1. The molecule has 0 aliphatic heterocycles. The van der Waals surface area contributed by atoms with Crippen molar-refractivity contribution in [3.8, 4) is 0 Å². The summed E-state index contributed by atoms with van der Waals surface area (Å²) in [5.74, 6) is 1.38. The van der Waals surface area contributed by atoms with E-state index in [1.54, 1.807) is 11.8 Å². The maximum atomic E-state index is 12.9. The average Bonchev–Trinajstić information content (AvgIpc) is 2.65. The van der Waals surface area contributed by atoms with Gasteiger partial charge in [-0.2, -0.15) is 11.8 Å². The maximum absolute atomic E-state index is 12.9. The largest absolute Gasteiger partial charge is 0.353 e. The molecule has 0 saturated carbocycles. The molecule has 0 radical (unpaired) electrons. The van der Waals surface area contributed by atoms with Gasteiger partial charge in [0.05, 0.1) is 11.9 Å². The first kappa shape index (κ1) is 24.3. The van der Waals surface area contributed by atoms with Crippen molar-refractivity contribution < 1.29 is 13.2 Å². The Bertz CT molecular complexity index is 954. The van der Waals surface area contributed by atoms with Crippen LogP contribution < -0.4 is 9.62 Å². The van der Waals surface area contributed by atoms with E-state index in [1.165, 1.54) is 15.4 Å². The number of nitrogens with one attached hydrogen (secondary N) is 1. The molecular weight excluding hydrogens is 416 g/mol. The quantitative estimate of drug-likeness (QED) is 0.553. The normalized spacial score (nSPS) is 12.4. The Balaban J connectivity index is 2.02. The summed E-state index contributed by atoms with van der Waals surface area (Å²) < 4.78 is 26.4. The fourth-order valence-corrected chi connectivity index (χ4v) is 5.59. The zero-order valence-electron chi connectivity index (χ0n) is 18.4. The second-order valence-corrected chi connectivity index (χ2v) is 10.6. The highest BCUT2D eigenvalue weighted by Gasteiger charge is 2.31. The smallest absolute Gasteiger partial charge is 0.243 e. The van der Waals surface area contributed by atoms with Crippen molar-refractivity contribution >= 4 is 33.4 Å². The van der Waals surface area contributed by atoms with Crippen LogP contribution in [0, 0.1) is 20.8 Å². The van der Waals surface area contributed by atoms with Gasteiger partial charge in [0.25, 0.3) is 0 Å². The van der Waals surface area contributed by atoms with E-state index in [2.05, 4.69) is 24.4 Å². The summed E-state index contributed by atoms with van der Waals surface area (Å²) in [6, 6.07) is 13.1. The number of sulfonamides is 1. The van der Waals surface area contributed by atoms with Gasteiger partial charge in [-0.1, -0.05) is 37.3 Å². The van der Waals surface area contributed by atoms with E-state index in [-0.39, 0.29) is 5.91 Å². The second kappa shape index (κ2) is 10.9. The molecule has 2 aromatic carbocycles. The highest BCUT2D eigenvalue weighted by Crippen LogP contribution is 2.25. The molecule has 30 heavy (non-hydrogen) atoms. The van der Waals surface area contributed by atoms with Gasteiger partial charge < -0.3 is 5.32 Å². The van der Waals surface area contributed by atoms with Crippen molar-refractivity contribution in [3.63, 3.8) is 0 Å². The molecule has 1 N–H and O–H groups in total. The van der Waals surface area contributed by atoms with Crippen LogP contribution in [0.1, 0.15) is 35.6 Å². The molecule has 0 saturated heterocycles. The lowest BCUT2D eigenvalue weighted by atomic mass is 10.1. The predicted molar refractivity (Wildman–Crippen MR) is 128 cm³/mol. The Hall–Kier alpha value is -1.99. The van der Waals surface area contributed by atoms with Crippen LogP contribution in [0.4, 0.5) is 5.69 Å². The van der Waals surface area contributed by atoms with Gasteiger partial charge in [-0.05, 0) is 61.6 Å². The minimum atomic E-state index is -3.62. The van der Waals surface area contributed by atoms with E-state index in [0.717, 1.165) is 28.9 Å². The molecule has 2 aromatic rings. The van der Waals surface area contributed by atoms with Crippen molar-refractivity contribution in [3.05, 3.63) is 64.7 Å². The molecule has 164 valence electrons. The van der Waals surface area contributed by atoms with Gasteiger partial charge in [-0.25, -0.2) is 8.42 Å².